The van der Waals surface area contributed by atoms with Crippen molar-refractivity contribution in [2.75, 3.05) is 0 Å². The van der Waals surface area contributed by atoms with E-state index >= 15 is 0 Å². The summed E-state index contributed by atoms with van der Waals surface area (Å²) < 4.78 is 0.256. The summed E-state index contributed by atoms with van der Waals surface area (Å²) in [5, 5.41) is 0. The van der Waals surface area contributed by atoms with E-state index in [1.807, 2.05) is 0 Å². The van der Waals surface area contributed by atoms with Crippen LogP contribution in [0.2, 0.25) is 0 Å². The Bertz CT molecular complexity index is 868. The summed E-state index contributed by atoms with van der Waals surface area (Å²) in [6.45, 7) is 13.5. The molecule has 0 heterocycles. The predicted molar refractivity (Wildman–Crippen MR) is 117 cm³/mol. The van der Waals surface area contributed by atoms with Gasteiger partial charge >= 0.3 is 181 Å². The molecule has 3 rings (SSSR count). The summed E-state index contributed by atoms with van der Waals surface area (Å²) in [6, 6.07) is 11.5. The van der Waals surface area contributed by atoms with Gasteiger partial charge in [-0.15, -0.1) is 0 Å². The van der Waals surface area contributed by atoms with Crippen molar-refractivity contribution < 1.29 is 19.4 Å². The van der Waals surface area contributed by atoms with Gasteiger partial charge in [0, 0.05) is 0 Å². The van der Waals surface area contributed by atoms with E-state index in [0.29, 0.717) is 0 Å². The van der Waals surface area contributed by atoms with Crippen molar-refractivity contribution >= 4 is 23.1 Å². The molecule has 0 spiro atoms. The van der Waals surface area contributed by atoms with Crippen molar-refractivity contribution in [3.63, 3.8) is 0 Å². The minimum absolute atomic E-state index is 0.0734. The molecule has 0 radical (unpaired) electrons. The van der Waals surface area contributed by atoms with Gasteiger partial charge in [-0.3, -0.25) is 0 Å². The second kappa shape index (κ2) is 8.18. The van der Waals surface area contributed by atoms with E-state index in [4.69, 9.17) is 17.0 Å². The van der Waals surface area contributed by atoms with Gasteiger partial charge < -0.3 is 0 Å². The maximum absolute atomic E-state index is 6.68. The topological polar surface area (TPSA) is 0 Å². The third-order valence-electron chi connectivity index (χ3n) is 5.40. The Morgan fingerprint density at radius 3 is 2.15 bits per heavy atom. The summed E-state index contributed by atoms with van der Waals surface area (Å²) in [5.74, 6) is 0. The molecule has 0 N–H and O–H groups in total. The zero-order valence-corrected chi connectivity index (χ0v) is 21.2. The normalized spacial score (nSPS) is 16.3. The Morgan fingerprint density at radius 1 is 1.00 bits per heavy atom. The second-order valence-corrected chi connectivity index (χ2v) is 17.6. The Morgan fingerprint density at radius 2 is 1.63 bits per heavy atom. The fourth-order valence-electron chi connectivity index (χ4n) is 4.32. The molecule has 27 heavy (non-hydrogen) atoms. The minimum atomic E-state index is -2.52. The molecule has 1 unspecified atom stereocenters. The number of hydrogen-bond acceptors (Lipinski definition) is 0. The summed E-state index contributed by atoms with van der Waals surface area (Å²) in [5.41, 5.74) is 11.0. The van der Waals surface area contributed by atoms with Crippen molar-refractivity contribution in [1.82, 2.24) is 0 Å². The Labute approximate surface area is 179 Å². The molecule has 0 aromatic heterocycles. The molecule has 143 valence electrons. The first-order valence-electron chi connectivity index (χ1n) is 9.77. The van der Waals surface area contributed by atoms with Crippen LogP contribution in [-0.2, 0) is 25.8 Å². The number of aryl methyl sites for hydroxylation is 3. The molecular formula is C24H29Cl2Zr. The van der Waals surface area contributed by atoms with E-state index in [-0.39, 0.29) is 9.04 Å². The number of hydrogen-bond donors (Lipinski definition) is 0. The fourth-order valence-corrected chi connectivity index (χ4v) is 10.1. The van der Waals surface area contributed by atoms with Crippen LogP contribution in [0.1, 0.15) is 65.6 Å². The first kappa shape index (κ1) is 21.4. The van der Waals surface area contributed by atoms with Gasteiger partial charge in [0.05, 0.1) is 0 Å². The van der Waals surface area contributed by atoms with Gasteiger partial charge in [0.1, 0.15) is 0 Å². The number of rotatable bonds is 4. The van der Waals surface area contributed by atoms with Crippen LogP contribution in [0, 0.1) is 19.3 Å². The van der Waals surface area contributed by atoms with Crippen molar-refractivity contribution in [3.05, 3.63) is 63.7 Å². The Kier molecular flexibility index (Phi) is 6.47. The second-order valence-electron chi connectivity index (χ2n) is 8.80. The SMILES string of the molecule is CCCc1ccc2c(c1-c1cc(C)cc(C)c1)C=C(C(C)(C)C)[CH]2[Zr]([Cl])[Cl]. The van der Waals surface area contributed by atoms with Crippen LogP contribution in [-0.4, -0.2) is 0 Å². The van der Waals surface area contributed by atoms with Crippen LogP contribution in [0.25, 0.3) is 17.2 Å². The van der Waals surface area contributed by atoms with Crippen LogP contribution in [0.15, 0.2) is 35.9 Å². The molecule has 0 nitrogen and oxygen atoms in total. The van der Waals surface area contributed by atoms with Gasteiger partial charge in [0.15, 0.2) is 0 Å². The number of fused-ring (bicyclic) bond motifs is 1. The van der Waals surface area contributed by atoms with Gasteiger partial charge in [-0.05, 0) is 0 Å². The van der Waals surface area contributed by atoms with E-state index in [1.54, 1.807) is 0 Å². The van der Waals surface area contributed by atoms with Gasteiger partial charge in [0.25, 0.3) is 0 Å². The van der Waals surface area contributed by atoms with E-state index in [9.17, 15) is 0 Å². The Balaban J connectivity index is 2.32. The average Bonchev–Trinajstić information content (AvgIpc) is 2.93. The molecule has 0 saturated heterocycles. The summed E-state index contributed by atoms with van der Waals surface area (Å²) in [6.07, 6.45) is 4.64. The molecule has 2 aromatic carbocycles. The van der Waals surface area contributed by atoms with Crippen LogP contribution in [0.4, 0.5) is 0 Å². The van der Waals surface area contributed by atoms with E-state index in [0.717, 1.165) is 12.8 Å². The summed E-state index contributed by atoms with van der Waals surface area (Å²) in [7, 11) is 13.4. The monoisotopic (exact) mass is 477 g/mol. The standard InChI is InChI=1S/C24H29.2ClH.Zr/c1-7-8-18-9-10-19-14-21(24(4,5)6)15-22(19)23(18)20-12-16(2)11-17(3)13-20;;;/h9-15H,7-8H2,1-6H3;2*1H;/q;;;+2/p-2. The number of benzene rings is 2. The first-order valence-corrected chi connectivity index (χ1v) is 17.5. The molecule has 0 saturated carbocycles. The molecule has 0 aliphatic heterocycles. The van der Waals surface area contributed by atoms with Crippen molar-refractivity contribution in [2.24, 2.45) is 5.41 Å². The van der Waals surface area contributed by atoms with E-state index < -0.39 is 19.4 Å². The fraction of sp³-hybridized carbons (Fsp3) is 0.417. The van der Waals surface area contributed by atoms with E-state index in [1.165, 1.54) is 44.5 Å². The van der Waals surface area contributed by atoms with Crippen LogP contribution >= 0.6 is 17.0 Å². The molecule has 3 heteroatoms. The maximum atomic E-state index is 6.68. The van der Waals surface area contributed by atoms with Gasteiger partial charge in [-0.2, -0.15) is 0 Å². The third-order valence-corrected chi connectivity index (χ3v) is 10.6. The first-order chi connectivity index (χ1) is 12.6. The number of allylic oxidation sites excluding steroid dienone is 1. The van der Waals surface area contributed by atoms with Gasteiger partial charge in [0.2, 0.25) is 0 Å². The number of halogens is 2. The van der Waals surface area contributed by atoms with Gasteiger partial charge in [-0.1, -0.05) is 0 Å². The molecule has 1 atom stereocenters. The van der Waals surface area contributed by atoms with Gasteiger partial charge in [-0.25, -0.2) is 0 Å². The van der Waals surface area contributed by atoms with Crippen LogP contribution < -0.4 is 0 Å². The predicted octanol–water partition coefficient (Wildman–Crippen LogP) is 8.33. The van der Waals surface area contributed by atoms with Crippen LogP contribution in [0.5, 0.6) is 0 Å². The van der Waals surface area contributed by atoms with Crippen molar-refractivity contribution in [3.8, 4) is 11.1 Å². The third kappa shape index (κ3) is 4.31. The van der Waals surface area contributed by atoms with Crippen molar-refractivity contribution in [1.29, 1.82) is 0 Å². The van der Waals surface area contributed by atoms with Crippen LogP contribution in [0.3, 0.4) is 0 Å². The molecule has 0 amide bonds. The zero-order valence-electron chi connectivity index (χ0n) is 17.2. The average molecular weight is 480 g/mol. The summed E-state index contributed by atoms with van der Waals surface area (Å²) >= 11 is -2.52. The quantitative estimate of drug-likeness (QED) is 0.413. The molecule has 0 fully saturated rings. The molecule has 1 aliphatic carbocycles. The molecular weight excluding hydrogens is 450 g/mol. The van der Waals surface area contributed by atoms with Crippen molar-refractivity contribution in [2.45, 2.75) is 58.0 Å². The molecule has 1 aliphatic rings. The zero-order chi connectivity index (χ0) is 19.9. The van der Waals surface area contributed by atoms with E-state index in [2.05, 4.69) is 78.0 Å². The summed E-state index contributed by atoms with van der Waals surface area (Å²) in [4.78, 5) is 0. The molecule has 2 aromatic rings. The Hall–Kier alpha value is -0.357. The molecule has 0 bridgehead atoms.